The zero-order chi connectivity index (χ0) is 19.4. The van der Waals surface area contributed by atoms with Crippen molar-refractivity contribution in [3.63, 3.8) is 0 Å². The van der Waals surface area contributed by atoms with Crippen molar-refractivity contribution in [2.45, 2.75) is 4.90 Å². The van der Waals surface area contributed by atoms with Gasteiger partial charge >= 0.3 is 0 Å². The molecule has 0 aromatic heterocycles. The van der Waals surface area contributed by atoms with Gasteiger partial charge in [-0.3, -0.25) is 14.5 Å². The van der Waals surface area contributed by atoms with E-state index in [0.717, 1.165) is 37.0 Å². The smallest absolute Gasteiger partial charge is 0.269 e. The second-order valence-electron chi connectivity index (χ2n) is 6.43. The van der Waals surface area contributed by atoms with Gasteiger partial charge in [-0.15, -0.1) is 12.4 Å². The number of halogens is 1. The second-order valence-corrected chi connectivity index (χ2v) is 8.26. The Morgan fingerprint density at radius 1 is 1.25 bits per heavy atom. The Kier molecular flexibility index (Phi) is 7.79. The predicted molar refractivity (Wildman–Crippen MR) is 105 cm³/mol. The maximum atomic E-state index is 12.6. The van der Waals surface area contributed by atoms with Crippen molar-refractivity contribution in [1.29, 1.82) is 0 Å². The zero-order valence-electron chi connectivity index (χ0n) is 15.6. The molecule has 28 heavy (non-hydrogen) atoms. The Morgan fingerprint density at radius 3 is 2.64 bits per heavy atom. The highest BCUT2D eigenvalue weighted by Crippen LogP contribution is 2.30. The molecule has 1 aromatic rings. The van der Waals surface area contributed by atoms with E-state index in [1.54, 1.807) is 0 Å². The van der Waals surface area contributed by atoms with E-state index in [-0.39, 0.29) is 47.5 Å². The topological polar surface area (TPSA) is 108 Å². The van der Waals surface area contributed by atoms with Crippen LogP contribution in [0.25, 0.3) is 0 Å². The van der Waals surface area contributed by atoms with E-state index < -0.39 is 15.9 Å². The van der Waals surface area contributed by atoms with E-state index in [4.69, 9.17) is 4.74 Å². The third kappa shape index (κ3) is 4.64. The van der Waals surface area contributed by atoms with Crippen LogP contribution in [-0.2, 0) is 14.8 Å². The predicted octanol–water partition coefficient (Wildman–Crippen LogP) is -0.466. The molecule has 1 aromatic carbocycles. The maximum absolute atomic E-state index is 12.6. The highest BCUT2D eigenvalue weighted by atomic mass is 35.5. The molecule has 11 heteroatoms. The summed E-state index contributed by atoms with van der Waals surface area (Å²) >= 11 is 0. The minimum Gasteiger partial charge on any atom is -0.383 e. The lowest BCUT2D eigenvalue weighted by Gasteiger charge is -2.27. The summed E-state index contributed by atoms with van der Waals surface area (Å²) in [5, 5.41) is 6.07. The number of hydrogen-bond acceptors (Lipinski definition) is 7. The van der Waals surface area contributed by atoms with Gasteiger partial charge in [-0.1, -0.05) is 0 Å². The quantitative estimate of drug-likeness (QED) is 0.599. The van der Waals surface area contributed by atoms with Crippen LogP contribution in [0.1, 0.15) is 20.7 Å². The lowest BCUT2D eigenvalue weighted by atomic mass is 10.1. The standard InChI is InChI=1S/C17H24N4O5S.ClH/c1-26-11-10-21-17(23)14-3-2-13(12-15(14)27(21,24)25)16(22)19-6-9-20-7-4-18-5-8-20;/h2-3,12,18H,4-11H2,1H3,(H,19,22);1H. The van der Waals surface area contributed by atoms with Crippen LogP contribution in [0.15, 0.2) is 23.1 Å². The Hall–Kier alpha value is -1.72. The molecule has 2 N–H and O–H groups in total. The van der Waals surface area contributed by atoms with Crippen molar-refractivity contribution in [2.75, 3.05) is 59.5 Å². The lowest BCUT2D eigenvalue weighted by Crippen LogP contribution is -2.46. The SMILES string of the molecule is COCCN1C(=O)c2ccc(C(=O)NCCN3CCNCC3)cc2S1(=O)=O.Cl. The Morgan fingerprint density at radius 2 is 1.96 bits per heavy atom. The Bertz CT molecular complexity index is 827. The average Bonchev–Trinajstić information content (AvgIpc) is 2.86. The summed E-state index contributed by atoms with van der Waals surface area (Å²) in [5.41, 5.74) is 0.308. The second kappa shape index (κ2) is 9.66. The van der Waals surface area contributed by atoms with E-state index in [2.05, 4.69) is 15.5 Å². The fourth-order valence-corrected chi connectivity index (χ4v) is 4.75. The highest BCUT2D eigenvalue weighted by molar-refractivity contribution is 7.90. The molecule has 0 spiro atoms. The van der Waals surface area contributed by atoms with Crippen LogP contribution in [0.3, 0.4) is 0 Å². The van der Waals surface area contributed by atoms with Crippen LogP contribution >= 0.6 is 12.4 Å². The number of benzene rings is 1. The van der Waals surface area contributed by atoms with Crippen molar-refractivity contribution in [2.24, 2.45) is 0 Å². The molecule has 1 saturated heterocycles. The van der Waals surface area contributed by atoms with Crippen molar-refractivity contribution in [3.8, 4) is 0 Å². The molecule has 0 aliphatic carbocycles. The summed E-state index contributed by atoms with van der Waals surface area (Å²) in [6, 6.07) is 4.15. The first kappa shape index (κ1) is 22.6. The molecule has 0 saturated carbocycles. The summed E-state index contributed by atoms with van der Waals surface area (Å²) in [4.78, 5) is 26.8. The number of ether oxygens (including phenoxy) is 1. The van der Waals surface area contributed by atoms with Gasteiger partial charge in [-0.2, -0.15) is 0 Å². The average molecular weight is 433 g/mol. The molecule has 2 aliphatic heterocycles. The van der Waals surface area contributed by atoms with E-state index in [1.165, 1.54) is 25.3 Å². The number of fused-ring (bicyclic) bond motifs is 1. The largest absolute Gasteiger partial charge is 0.383 e. The molecule has 156 valence electrons. The van der Waals surface area contributed by atoms with Crippen LogP contribution in [0.5, 0.6) is 0 Å². The summed E-state index contributed by atoms with van der Waals surface area (Å²) < 4.78 is 30.9. The third-order valence-electron chi connectivity index (χ3n) is 4.69. The van der Waals surface area contributed by atoms with Gasteiger partial charge in [0.15, 0.2) is 0 Å². The van der Waals surface area contributed by atoms with Gasteiger partial charge in [0.05, 0.1) is 18.7 Å². The molecule has 2 aliphatic rings. The van der Waals surface area contributed by atoms with Crippen LogP contribution in [0, 0.1) is 0 Å². The van der Waals surface area contributed by atoms with Gasteiger partial charge in [0.25, 0.3) is 21.8 Å². The molecule has 0 bridgehead atoms. The number of piperazine rings is 1. The number of methoxy groups -OCH3 is 1. The summed E-state index contributed by atoms with van der Waals surface area (Å²) in [5.74, 6) is -0.946. The van der Waals surface area contributed by atoms with Crippen molar-refractivity contribution >= 4 is 34.2 Å². The number of hydrogen-bond donors (Lipinski definition) is 2. The molecule has 1 fully saturated rings. The van der Waals surface area contributed by atoms with E-state index in [9.17, 15) is 18.0 Å². The van der Waals surface area contributed by atoms with E-state index in [1.807, 2.05) is 0 Å². The first-order valence-corrected chi connectivity index (χ1v) is 10.3. The molecule has 2 heterocycles. The minimum absolute atomic E-state index is 0. The van der Waals surface area contributed by atoms with Crippen LogP contribution in [0.2, 0.25) is 0 Å². The molecule has 9 nitrogen and oxygen atoms in total. The lowest BCUT2D eigenvalue weighted by molar-refractivity contribution is 0.0835. The molecule has 2 amide bonds. The monoisotopic (exact) mass is 432 g/mol. The Labute approximate surface area is 170 Å². The van der Waals surface area contributed by atoms with Gasteiger partial charge in [0.2, 0.25) is 0 Å². The van der Waals surface area contributed by atoms with Crippen LogP contribution < -0.4 is 10.6 Å². The molecular formula is C17H25ClN4O5S. The molecule has 0 unspecified atom stereocenters. The number of rotatable bonds is 7. The van der Waals surface area contributed by atoms with E-state index in [0.29, 0.717) is 6.54 Å². The Balaban J connectivity index is 0.00000280. The van der Waals surface area contributed by atoms with Crippen molar-refractivity contribution < 1.29 is 22.7 Å². The molecule has 0 atom stereocenters. The molecule has 0 radical (unpaired) electrons. The van der Waals surface area contributed by atoms with Crippen molar-refractivity contribution in [1.82, 2.24) is 19.8 Å². The number of sulfonamides is 1. The first-order valence-electron chi connectivity index (χ1n) is 8.86. The van der Waals surface area contributed by atoms with Gasteiger partial charge in [0, 0.05) is 51.9 Å². The summed E-state index contributed by atoms with van der Waals surface area (Å²) in [7, 11) is -2.52. The van der Waals surface area contributed by atoms with Gasteiger partial charge < -0.3 is 15.4 Å². The fraction of sp³-hybridized carbons (Fsp3) is 0.529. The summed E-state index contributed by atoms with van der Waals surface area (Å²) in [6.45, 7) is 5.01. The number of amides is 2. The van der Waals surface area contributed by atoms with E-state index >= 15 is 0 Å². The van der Waals surface area contributed by atoms with Gasteiger partial charge in [0.1, 0.15) is 4.90 Å². The zero-order valence-corrected chi connectivity index (χ0v) is 17.3. The first-order chi connectivity index (χ1) is 12.9. The fourth-order valence-electron chi connectivity index (χ4n) is 3.18. The molecular weight excluding hydrogens is 408 g/mol. The number of nitrogens with zero attached hydrogens (tertiary/aromatic N) is 2. The van der Waals surface area contributed by atoms with Crippen LogP contribution in [-0.4, -0.2) is 89.0 Å². The number of carbonyl (C=O) groups is 2. The maximum Gasteiger partial charge on any atom is 0.269 e. The van der Waals surface area contributed by atoms with Gasteiger partial charge in [-0.05, 0) is 18.2 Å². The van der Waals surface area contributed by atoms with Gasteiger partial charge in [-0.25, -0.2) is 12.7 Å². The van der Waals surface area contributed by atoms with Crippen LogP contribution in [0.4, 0.5) is 0 Å². The summed E-state index contributed by atoms with van der Waals surface area (Å²) in [6.07, 6.45) is 0. The number of carbonyl (C=O) groups excluding carboxylic acids is 2. The number of nitrogens with one attached hydrogen (secondary N) is 2. The normalized spacial score (nSPS) is 18.5. The third-order valence-corrected chi connectivity index (χ3v) is 6.51. The minimum atomic E-state index is -3.95. The van der Waals surface area contributed by atoms with Crippen molar-refractivity contribution in [3.05, 3.63) is 29.3 Å². The molecule has 3 rings (SSSR count). The highest BCUT2D eigenvalue weighted by Gasteiger charge is 2.41.